The number of halogens is 2. The van der Waals surface area contributed by atoms with Crippen molar-refractivity contribution in [2.75, 3.05) is 5.43 Å². The molecule has 10 heteroatoms. The van der Waals surface area contributed by atoms with Gasteiger partial charge < -0.3 is 21.5 Å². The summed E-state index contributed by atoms with van der Waals surface area (Å²) in [6, 6.07) is 16.8. The Labute approximate surface area is 218 Å². The molecule has 0 spiro atoms. The number of nitrogens with zero attached hydrogens (tertiary/aromatic N) is 2. The van der Waals surface area contributed by atoms with Crippen LogP contribution in [0.3, 0.4) is 0 Å². The van der Waals surface area contributed by atoms with Crippen molar-refractivity contribution in [2.24, 2.45) is 5.73 Å². The van der Waals surface area contributed by atoms with E-state index in [-0.39, 0.29) is 31.0 Å². The van der Waals surface area contributed by atoms with E-state index in [1.165, 1.54) is 4.68 Å². The lowest BCUT2D eigenvalue weighted by Crippen LogP contribution is -2.34. The van der Waals surface area contributed by atoms with Crippen molar-refractivity contribution in [3.63, 3.8) is 0 Å². The molecular formula is C26H26Cl2N6O2. The molecule has 36 heavy (non-hydrogen) atoms. The molecule has 1 amide bonds. The van der Waals surface area contributed by atoms with Crippen molar-refractivity contribution in [3.05, 3.63) is 109 Å². The minimum Gasteiger partial charge on any atom is -0.352 e. The SMILES string of the molecule is Cc1ccn(NCc2[nH]c(-c3ccccc3)nc2Cl)c(=O)c1CC(=O)NCc1cc(Cl)ccc1CN. The molecule has 2 aromatic carbocycles. The first kappa shape index (κ1) is 25.5. The second-order valence-electron chi connectivity index (χ2n) is 8.28. The highest BCUT2D eigenvalue weighted by molar-refractivity contribution is 6.30. The average molecular weight is 525 g/mol. The van der Waals surface area contributed by atoms with Crippen molar-refractivity contribution in [2.45, 2.75) is 33.0 Å². The minimum atomic E-state index is -0.311. The number of aromatic nitrogens is 3. The summed E-state index contributed by atoms with van der Waals surface area (Å²) in [5, 5.41) is 3.74. The molecule has 0 fully saturated rings. The van der Waals surface area contributed by atoms with Gasteiger partial charge in [0, 0.05) is 35.4 Å². The Balaban J connectivity index is 1.43. The van der Waals surface area contributed by atoms with E-state index in [2.05, 4.69) is 20.7 Å². The Morgan fingerprint density at radius 3 is 2.61 bits per heavy atom. The third-order valence-electron chi connectivity index (χ3n) is 5.83. The van der Waals surface area contributed by atoms with E-state index in [0.29, 0.717) is 33.8 Å². The number of benzene rings is 2. The molecule has 0 unspecified atom stereocenters. The third-order valence-corrected chi connectivity index (χ3v) is 6.38. The van der Waals surface area contributed by atoms with Crippen LogP contribution in [0.15, 0.2) is 65.6 Å². The van der Waals surface area contributed by atoms with Crippen LogP contribution in [-0.4, -0.2) is 20.6 Å². The third kappa shape index (κ3) is 5.96. The van der Waals surface area contributed by atoms with E-state index in [9.17, 15) is 9.59 Å². The fraction of sp³-hybridized carbons (Fsp3) is 0.192. The number of carbonyl (C=O) groups is 1. The van der Waals surface area contributed by atoms with Gasteiger partial charge in [0.05, 0.1) is 18.7 Å². The summed E-state index contributed by atoms with van der Waals surface area (Å²) < 4.78 is 1.35. The van der Waals surface area contributed by atoms with Gasteiger partial charge in [-0.25, -0.2) is 9.66 Å². The second kappa shape index (κ2) is 11.4. The standard InChI is InChI=1S/C26H26Cl2N6O2/c1-16-9-10-34(31-15-22-24(28)33-25(32-22)17-5-3-2-4-6-17)26(36)21(16)12-23(35)30-14-19-11-20(27)8-7-18(19)13-29/h2-11,31H,12-15,29H2,1H3,(H,30,35)(H,32,33). The predicted molar refractivity (Wildman–Crippen MR) is 142 cm³/mol. The van der Waals surface area contributed by atoms with Crippen LogP contribution in [0.25, 0.3) is 11.4 Å². The van der Waals surface area contributed by atoms with Crippen LogP contribution in [-0.2, 0) is 30.8 Å². The van der Waals surface area contributed by atoms with Crippen molar-refractivity contribution >= 4 is 29.1 Å². The van der Waals surface area contributed by atoms with E-state index in [1.54, 1.807) is 31.3 Å². The molecule has 0 radical (unpaired) electrons. The number of hydrogen-bond acceptors (Lipinski definition) is 5. The molecule has 0 bridgehead atoms. The van der Waals surface area contributed by atoms with Gasteiger partial charge in [-0.3, -0.25) is 9.59 Å². The van der Waals surface area contributed by atoms with Crippen molar-refractivity contribution in [1.82, 2.24) is 20.0 Å². The molecule has 0 aliphatic heterocycles. The zero-order valence-corrected chi connectivity index (χ0v) is 21.2. The van der Waals surface area contributed by atoms with E-state index in [0.717, 1.165) is 22.3 Å². The Bertz CT molecular complexity index is 1430. The molecule has 0 aliphatic carbocycles. The number of pyridine rings is 1. The summed E-state index contributed by atoms with van der Waals surface area (Å²) in [6.45, 7) is 2.65. The quantitative estimate of drug-likeness (QED) is 0.264. The van der Waals surface area contributed by atoms with Crippen molar-refractivity contribution < 1.29 is 4.79 Å². The van der Waals surface area contributed by atoms with Crippen LogP contribution in [0, 0.1) is 6.92 Å². The van der Waals surface area contributed by atoms with Crippen LogP contribution in [0.4, 0.5) is 0 Å². The minimum absolute atomic E-state index is 0.0608. The predicted octanol–water partition coefficient (Wildman–Crippen LogP) is 3.91. The van der Waals surface area contributed by atoms with Crippen molar-refractivity contribution in [3.8, 4) is 11.4 Å². The highest BCUT2D eigenvalue weighted by Crippen LogP contribution is 2.21. The Kier molecular flexibility index (Phi) is 8.10. The number of H-pyrrole nitrogens is 1. The number of nitrogens with two attached hydrogens (primary N) is 1. The largest absolute Gasteiger partial charge is 0.352 e. The number of nitrogens with one attached hydrogen (secondary N) is 3. The average Bonchev–Trinajstić information content (AvgIpc) is 3.26. The molecule has 0 aliphatic rings. The van der Waals surface area contributed by atoms with Gasteiger partial charge in [-0.2, -0.15) is 0 Å². The molecule has 5 N–H and O–H groups in total. The lowest BCUT2D eigenvalue weighted by Gasteiger charge is -2.13. The van der Waals surface area contributed by atoms with Gasteiger partial charge in [-0.15, -0.1) is 0 Å². The van der Waals surface area contributed by atoms with Crippen LogP contribution in [0.1, 0.15) is 27.9 Å². The number of hydrogen-bond donors (Lipinski definition) is 4. The van der Waals surface area contributed by atoms with E-state index >= 15 is 0 Å². The molecule has 4 aromatic rings. The number of aromatic amines is 1. The van der Waals surface area contributed by atoms with Gasteiger partial charge in [0.15, 0.2) is 5.15 Å². The smallest absolute Gasteiger partial charge is 0.272 e. The number of rotatable bonds is 9. The molecule has 8 nitrogen and oxygen atoms in total. The second-order valence-corrected chi connectivity index (χ2v) is 9.07. The summed E-state index contributed by atoms with van der Waals surface area (Å²) in [6.07, 6.45) is 1.57. The number of aryl methyl sites for hydroxylation is 1. The van der Waals surface area contributed by atoms with Crippen LogP contribution >= 0.6 is 23.2 Å². The molecule has 2 heterocycles. The van der Waals surface area contributed by atoms with Crippen LogP contribution < -0.4 is 22.0 Å². The fourth-order valence-corrected chi connectivity index (χ4v) is 4.18. The Hall–Kier alpha value is -3.59. The fourth-order valence-electron chi connectivity index (χ4n) is 3.79. The number of imidazole rings is 1. The van der Waals surface area contributed by atoms with Gasteiger partial charge in [-0.05, 0) is 41.8 Å². The Morgan fingerprint density at radius 1 is 1.08 bits per heavy atom. The lowest BCUT2D eigenvalue weighted by atomic mass is 10.1. The molecule has 4 rings (SSSR count). The summed E-state index contributed by atoms with van der Waals surface area (Å²) in [7, 11) is 0. The number of amides is 1. The molecule has 186 valence electrons. The monoisotopic (exact) mass is 524 g/mol. The molecule has 0 atom stereocenters. The van der Waals surface area contributed by atoms with Crippen molar-refractivity contribution in [1.29, 1.82) is 0 Å². The topological polar surface area (TPSA) is 118 Å². The van der Waals surface area contributed by atoms with Gasteiger partial charge in [0.25, 0.3) is 5.56 Å². The molecule has 0 saturated heterocycles. The first-order valence-corrected chi connectivity index (χ1v) is 12.1. The normalized spacial score (nSPS) is 10.9. The molecule has 2 aromatic heterocycles. The van der Waals surface area contributed by atoms with E-state index in [1.807, 2.05) is 36.4 Å². The van der Waals surface area contributed by atoms with Crippen LogP contribution in [0.5, 0.6) is 0 Å². The summed E-state index contributed by atoms with van der Waals surface area (Å²) in [5.41, 5.74) is 12.9. The maximum atomic E-state index is 13.1. The summed E-state index contributed by atoms with van der Waals surface area (Å²) in [4.78, 5) is 33.3. The highest BCUT2D eigenvalue weighted by atomic mass is 35.5. The number of carbonyl (C=O) groups excluding carboxylic acids is 1. The summed E-state index contributed by atoms with van der Waals surface area (Å²) in [5.74, 6) is 0.364. The highest BCUT2D eigenvalue weighted by Gasteiger charge is 2.14. The molecular weight excluding hydrogens is 499 g/mol. The van der Waals surface area contributed by atoms with Crippen LogP contribution in [0.2, 0.25) is 10.2 Å². The first-order chi connectivity index (χ1) is 17.4. The Morgan fingerprint density at radius 2 is 1.86 bits per heavy atom. The zero-order chi connectivity index (χ0) is 25.7. The van der Waals surface area contributed by atoms with Gasteiger partial charge in [-0.1, -0.05) is 59.6 Å². The van der Waals surface area contributed by atoms with Gasteiger partial charge in [0.2, 0.25) is 5.91 Å². The zero-order valence-electron chi connectivity index (χ0n) is 19.6. The van der Waals surface area contributed by atoms with Gasteiger partial charge in [0.1, 0.15) is 5.82 Å². The van der Waals surface area contributed by atoms with E-state index < -0.39 is 0 Å². The maximum Gasteiger partial charge on any atom is 0.272 e. The maximum absolute atomic E-state index is 13.1. The van der Waals surface area contributed by atoms with Gasteiger partial charge >= 0.3 is 0 Å². The lowest BCUT2D eigenvalue weighted by molar-refractivity contribution is -0.120. The summed E-state index contributed by atoms with van der Waals surface area (Å²) >= 11 is 12.4. The van der Waals surface area contributed by atoms with E-state index in [4.69, 9.17) is 28.9 Å². The molecule has 0 saturated carbocycles. The first-order valence-electron chi connectivity index (χ1n) is 11.3.